The number of anilines is 3. The van der Waals surface area contributed by atoms with Gasteiger partial charge in [-0.2, -0.15) is 15.0 Å². The van der Waals surface area contributed by atoms with Crippen LogP contribution in [0.2, 0.25) is 0 Å². The van der Waals surface area contributed by atoms with Gasteiger partial charge in [0.05, 0.1) is 6.10 Å². The highest BCUT2D eigenvalue weighted by atomic mass is 16.3. The summed E-state index contributed by atoms with van der Waals surface area (Å²) in [5.74, 6) is 1.15. The van der Waals surface area contributed by atoms with Gasteiger partial charge in [-0.05, 0) is 20.3 Å². The van der Waals surface area contributed by atoms with Gasteiger partial charge in [-0.3, -0.25) is 0 Å². The third-order valence-corrected chi connectivity index (χ3v) is 2.80. The van der Waals surface area contributed by atoms with Crippen molar-refractivity contribution in [3.05, 3.63) is 0 Å². The molecule has 0 bridgehead atoms. The van der Waals surface area contributed by atoms with Crippen molar-refractivity contribution in [2.24, 2.45) is 0 Å². The summed E-state index contributed by atoms with van der Waals surface area (Å²) in [6.07, 6.45) is 1.28. The van der Waals surface area contributed by atoms with E-state index in [1.165, 1.54) is 0 Å². The van der Waals surface area contributed by atoms with Crippen LogP contribution in [0.1, 0.15) is 33.6 Å². The monoisotopic (exact) mass is 268 g/mol. The minimum absolute atomic E-state index is 0.185. The van der Waals surface area contributed by atoms with Crippen molar-refractivity contribution < 1.29 is 5.11 Å². The molecule has 0 spiro atoms. The zero-order chi connectivity index (χ0) is 14.3. The standard InChI is InChI=1S/C12H24N6O/c1-4-7-9(19)8-14-11-15-10(13)16-12(17-11)18(5-2)6-3/h9,19H,4-8H2,1-3H3,(H3,13,14,15,16,17). The number of hydrogen-bond donors (Lipinski definition) is 3. The van der Waals surface area contributed by atoms with Crippen LogP contribution in [-0.2, 0) is 0 Å². The summed E-state index contributed by atoms with van der Waals surface area (Å²) in [4.78, 5) is 14.4. The molecule has 1 aromatic rings. The molecule has 0 aromatic carbocycles. The van der Waals surface area contributed by atoms with Crippen LogP contribution < -0.4 is 16.0 Å². The second kappa shape index (κ2) is 7.73. The average Bonchev–Trinajstić information content (AvgIpc) is 2.38. The Morgan fingerprint density at radius 1 is 1.21 bits per heavy atom. The molecule has 108 valence electrons. The highest BCUT2D eigenvalue weighted by Gasteiger charge is 2.10. The van der Waals surface area contributed by atoms with E-state index in [0.29, 0.717) is 18.4 Å². The molecule has 0 fully saturated rings. The maximum absolute atomic E-state index is 9.68. The van der Waals surface area contributed by atoms with Crippen molar-refractivity contribution >= 4 is 17.8 Å². The van der Waals surface area contributed by atoms with Crippen molar-refractivity contribution in [2.75, 3.05) is 35.6 Å². The Kier molecular flexibility index (Phi) is 6.27. The number of aliphatic hydroxyl groups is 1. The smallest absolute Gasteiger partial charge is 0.231 e. The number of nitrogens with zero attached hydrogens (tertiary/aromatic N) is 4. The molecule has 19 heavy (non-hydrogen) atoms. The number of hydrogen-bond acceptors (Lipinski definition) is 7. The Labute approximate surface area is 114 Å². The van der Waals surface area contributed by atoms with Crippen LogP contribution in [0.25, 0.3) is 0 Å². The molecule has 7 heteroatoms. The van der Waals surface area contributed by atoms with Gasteiger partial charge in [0.25, 0.3) is 0 Å². The zero-order valence-corrected chi connectivity index (χ0v) is 11.9. The highest BCUT2D eigenvalue weighted by molar-refractivity contribution is 5.41. The number of nitrogens with two attached hydrogens (primary N) is 1. The molecule has 0 radical (unpaired) electrons. The van der Waals surface area contributed by atoms with Crippen LogP contribution in [0.5, 0.6) is 0 Å². The molecule has 0 saturated heterocycles. The van der Waals surface area contributed by atoms with Gasteiger partial charge in [-0.1, -0.05) is 13.3 Å². The van der Waals surface area contributed by atoms with Gasteiger partial charge < -0.3 is 21.1 Å². The summed E-state index contributed by atoms with van der Waals surface area (Å²) in [7, 11) is 0. The molecular weight excluding hydrogens is 244 g/mol. The van der Waals surface area contributed by atoms with Gasteiger partial charge >= 0.3 is 0 Å². The lowest BCUT2D eigenvalue weighted by Crippen LogP contribution is -2.26. The number of rotatable bonds is 8. The predicted octanol–water partition coefficient (Wildman–Crippen LogP) is 0.873. The quantitative estimate of drug-likeness (QED) is 0.643. The minimum Gasteiger partial charge on any atom is -0.391 e. The van der Waals surface area contributed by atoms with Crippen LogP contribution in [0, 0.1) is 0 Å². The van der Waals surface area contributed by atoms with E-state index in [9.17, 15) is 5.11 Å². The van der Waals surface area contributed by atoms with Crippen molar-refractivity contribution in [3.8, 4) is 0 Å². The lowest BCUT2D eigenvalue weighted by Gasteiger charge is -2.19. The molecule has 1 atom stereocenters. The Bertz CT molecular complexity index is 382. The largest absolute Gasteiger partial charge is 0.391 e. The van der Waals surface area contributed by atoms with Crippen LogP contribution in [0.4, 0.5) is 17.8 Å². The van der Waals surface area contributed by atoms with Crippen molar-refractivity contribution in [3.63, 3.8) is 0 Å². The van der Waals surface area contributed by atoms with E-state index in [1.807, 2.05) is 25.7 Å². The molecule has 1 aromatic heterocycles. The SMILES string of the molecule is CCCC(O)CNc1nc(N)nc(N(CC)CC)n1. The summed E-state index contributed by atoms with van der Waals surface area (Å²) in [6, 6.07) is 0. The van der Waals surface area contributed by atoms with E-state index >= 15 is 0 Å². The van der Waals surface area contributed by atoms with E-state index in [1.54, 1.807) is 0 Å². The first kappa shape index (κ1) is 15.4. The van der Waals surface area contributed by atoms with Gasteiger partial charge in [0, 0.05) is 19.6 Å². The highest BCUT2D eigenvalue weighted by Crippen LogP contribution is 2.11. The second-order valence-corrected chi connectivity index (χ2v) is 4.31. The maximum atomic E-state index is 9.68. The fraction of sp³-hybridized carbons (Fsp3) is 0.750. The summed E-state index contributed by atoms with van der Waals surface area (Å²) < 4.78 is 0. The third kappa shape index (κ3) is 4.86. The molecular formula is C12H24N6O. The fourth-order valence-electron chi connectivity index (χ4n) is 1.75. The van der Waals surface area contributed by atoms with E-state index in [2.05, 4.69) is 20.3 Å². The maximum Gasteiger partial charge on any atom is 0.231 e. The molecule has 0 aliphatic carbocycles. The molecule has 1 unspecified atom stereocenters. The van der Waals surface area contributed by atoms with Gasteiger partial charge in [0.1, 0.15) is 0 Å². The van der Waals surface area contributed by atoms with Crippen LogP contribution >= 0.6 is 0 Å². The van der Waals surface area contributed by atoms with Crippen LogP contribution in [0.15, 0.2) is 0 Å². The van der Waals surface area contributed by atoms with Gasteiger partial charge in [-0.25, -0.2) is 0 Å². The summed E-state index contributed by atoms with van der Waals surface area (Å²) in [6.45, 7) is 8.11. The van der Waals surface area contributed by atoms with Crippen molar-refractivity contribution in [2.45, 2.75) is 39.7 Å². The average molecular weight is 268 g/mol. The Hall–Kier alpha value is -1.63. The summed E-state index contributed by atoms with van der Waals surface area (Å²) in [5.41, 5.74) is 5.68. The normalized spacial score (nSPS) is 12.2. The second-order valence-electron chi connectivity index (χ2n) is 4.31. The van der Waals surface area contributed by atoms with Gasteiger partial charge in [0.2, 0.25) is 17.8 Å². The number of aromatic nitrogens is 3. The summed E-state index contributed by atoms with van der Waals surface area (Å²) in [5, 5.41) is 12.7. The van der Waals surface area contributed by atoms with Crippen molar-refractivity contribution in [1.29, 1.82) is 0 Å². The fourth-order valence-corrected chi connectivity index (χ4v) is 1.75. The minimum atomic E-state index is -0.403. The van der Waals surface area contributed by atoms with Crippen molar-refractivity contribution in [1.82, 2.24) is 15.0 Å². The Balaban J connectivity index is 2.73. The molecule has 0 aliphatic heterocycles. The van der Waals surface area contributed by atoms with Crippen LogP contribution in [-0.4, -0.2) is 45.8 Å². The first-order valence-corrected chi connectivity index (χ1v) is 6.79. The van der Waals surface area contributed by atoms with Crippen LogP contribution in [0.3, 0.4) is 0 Å². The van der Waals surface area contributed by atoms with Gasteiger partial charge in [0.15, 0.2) is 0 Å². The molecule has 0 saturated carbocycles. The van der Waals surface area contributed by atoms with Gasteiger partial charge in [-0.15, -0.1) is 0 Å². The van der Waals surface area contributed by atoms with E-state index in [-0.39, 0.29) is 5.95 Å². The number of nitrogen functional groups attached to an aromatic ring is 1. The summed E-state index contributed by atoms with van der Waals surface area (Å²) >= 11 is 0. The first-order chi connectivity index (χ1) is 9.10. The predicted molar refractivity (Wildman–Crippen MR) is 77.2 cm³/mol. The zero-order valence-electron chi connectivity index (χ0n) is 11.9. The molecule has 0 aliphatic rings. The Morgan fingerprint density at radius 2 is 1.89 bits per heavy atom. The first-order valence-electron chi connectivity index (χ1n) is 6.79. The third-order valence-electron chi connectivity index (χ3n) is 2.80. The van der Waals surface area contributed by atoms with E-state index in [0.717, 1.165) is 25.9 Å². The topological polar surface area (TPSA) is 100 Å². The molecule has 0 amide bonds. The molecule has 7 nitrogen and oxygen atoms in total. The lowest BCUT2D eigenvalue weighted by molar-refractivity contribution is 0.176. The molecule has 1 rings (SSSR count). The Morgan fingerprint density at radius 3 is 2.47 bits per heavy atom. The van der Waals surface area contributed by atoms with E-state index in [4.69, 9.17) is 5.73 Å². The molecule has 1 heterocycles. The number of aliphatic hydroxyl groups excluding tert-OH is 1. The number of nitrogens with one attached hydrogen (secondary N) is 1. The molecule has 4 N–H and O–H groups in total. The van der Waals surface area contributed by atoms with E-state index < -0.39 is 6.10 Å². The lowest BCUT2D eigenvalue weighted by atomic mass is 10.2.